The van der Waals surface area contributed by atoms with Crippen LogP contribution in [0.15, 0.2) is 53.7 Å². The first-order valence-corrected chi connectivity index (χ1v) is 12.2. The second-order valence-electron chi connectivity index (χ2n) is 9.35. The van der Waals surface area contributed by atoms with Crippen molar-refractivity contribution >= 4 is 10.0 Å². The molecule has 1 aliphatic carbocycles. The molecule has 2 heterocycles. The molecule has 6 nitrogen and oxygen atoms in total. The second-order valence-corrected chi connectivity index (χ2v) is 11.1. The molecule has 11 heteroatoms. The number of aromatic nitrogens is 3. The summed E-state index contributed by atoms with van der Waals surface area (Å²) in [7, 11) is -4.20. The van der Waals surface area contributed by atoms with E-state index >= 15 is 0 Å². The molecular weight excluding hydrogens is 472 g/mol. The monoisotopic (exact) mass is 496 g/mol. The van der Waals surface area contributed by atoms with E-state index in [0.717, 1.165) is 18.9 Å². The number of nitrogens with one attached hydrogen (secondary N) is 1. The summed E-state index contributed by atoms with van der Waals surface area (Å²) in [6, 6.07) is 6.80. The van der Waals surface area contributed by atoms with Crippen molar-refractivity contribution in [1.82, 2.24) is 19.5 Å². The normalized spacial score (nSPS) is 16.0. The summed E-state index contributed by atoms with van der Waals surface area (Å²) in [5, 5.41) is 4.49. The van der Waals surface area contributed by atoms with Gasteiger partial charge in [0.2, 0.25) is 10.0 Å². The van der Waals surface area contributed by atoms with Crippen molar-refractivity contribution in [1.29, 1.82) is 0 Å². The molecular formula is C23H24F4N4O2S. The number of hydrogen-bond acceptors (Lipinski definition) is 4. The van der Waals surface area contributed by atoms with Crippen LogP contribution >= 0.6 is 0 Å². The highest BCUT2D eigenvalue weighted by molar-refractivity contribution is 7.89. The number of pyridine rings is 1. The van der Waals surface area contributed by atoms with Crippen LogP contribution in [0.1, 0.15) is 50.9 Å². The molecule has 1 aliphatic rings. The average molecular weight is 497 g/mol. The molecule has 0 aliphatic heterocycles. The molecule has 0 radical (unpaired) electrons. The maximum absolute atomic E-state index is 14.1. The van der Waals surface area contributed by atoms with Crippen molar-refractivity contribution in [2.75, 3.05) is 0 Å². The van der Waals surface area contributed by atoms with Gasteiger partial charge in [-0.25, -0.2) is 17.5 Å². The number of alkyl halides is 3. The lowest BCUT2D eigenvalue weighted by molar-refractivity contribution is -0.141. The minimum absolute atomic E-state index is 0.0258. The fourth-order valence-electron chi connectivity index (χ4n) is 3.81. The third kappa shape index (κ3) is 5.00. The van der Waals surface area contributed by atoms with E-state index in [-0.39, 0.29) is 10.8 Å². The molecule has 0 amide bonds. The number of hydrogen-bond donors (Lipinski definition) is 1. The Hall–Kier alpha value is -2.79. The van der Waals surface area contributed by atoms with E-state index < -0.39 is 39.3 Å². The first-order valence-electron chi connectivity index (χ1n) is 10.7. The van der Waals surface area contributed by atoms with Crippen LogP contribution in [0.5, 0.6) is 0 Å². The van der Waals surface area contributed by atoms with Crippen molar-refractivity contribution in [3.05, 3.63) is 65.9 Å². The minimum Gasteiger partial charge on any atom is -0.259 e. The molecule has 182 valence electrons. The molecule has 1 unspecified atom stereocenters. The standard InChI is InChI=1S/C23H24F4N4O2S/c1-22(2,3)31-21(15-5-4-6-16(24)11-15)18(13-29-31)20(14-7-8-14)30-34(32,33)17-9-10-19(28-12-17)23(25,26)27/h4-6,9-14,20,30H,7-8H2,1-3H3. The lowest BCUT2D eigenvalue weighted by Crippen LogP contribution is -2.31. The van der Waals surface area contributed by atoms with Gasteiger partial charge in [0.05, 0.1) is 23.5 Å². The highest BCUT2D eigenvalue weighted by atomic mass is 32.2. The summed E-state index contributed by atoms with van der Waals surface area (Å²) in [6.07, 6.45) is -0.875. The molecule has 2 aromatic heterocycles. The van der Waals surface area contributed by atoms with Gasteiger partial charge < -0.3 is 0 Å². The molecule has 1 fully saturated rings. The van der Waals surface area contributed by atoms with Crippen LogP contribution in [0.4, 0.5) is 17.6 Å². The van der Waals surface area contributed by atoms with E-state index in [9.17, 15) is 26.0 Å². The zero-order chi connectivity index (χ0) is 24.9. The SMILES string of the molecule is CC(C)(C)n1ncc(C(NS(=O)(=O)c2ccc(C(F)(F)F)nc2)C2CC2)c1-c1cccc(F)c1. The third-order valence-corrected chi connectivity index (χ3v) is 7.00. The van der Waals surface area contributed by atoms with Gasteiger partial charge in [-0.1, -0.05) is 12.1 Å². The Morgan fingerprint density at radius 3 is 2.32 bits per heavy atom. The Labute approximate surface area is 195 Å². The van der Waals surface area contributed by atoms with Gasteiger partial charge in [0.25, 0.3) is 0 Å². The number of halogens is 4. The molecule has 1 saturated carbocycles. The number of rotatable bonds is 6. The predicted octanol–water partition coefficient (Wildman–Crippen LogP) is 5.29. The van der Waals surface area contributed by atoms with E-state index in [4.69, 9.17) is 0 Å². The molecule has 3 aromatic rings. The van der Waals surface area contributed by atoms with E-state index in [1.165, 1.54) is 12.1 Å². The predicted molar refractivity (Wildman–Crippen MR) is 118 cm³/mol. The fraction of sp³-hybridized carbons (Fsp3) is 0.391. The number of nitrogens with zero attached hydrogens (tertiary/aromatic N) is 3. The quantitative estimate of drug-likeness (QED) is 0.471. The van der Waals surface area contributed by atoms with Gasteiger partial charge >= 0.3 is 6.18 Å². The van der Waals surface area contributed by atoms with Crippen molar-refractivity contribution in [3.63, 3.8) is 0 Å². The molecule has 4 rings (SSSR count). The largest absolute Gasteiger partial charge is 0.433 e. The lowest BCUT2D eigenvalue weighted by atomic mass is 9.98. The first kappa shape index (κ1) is 24.3. The summed E-state index contributed by atoms with van der Waals surface area (Å²) in [6.45, 7) is 5.78. The third-order valence-electron chi connectivity index (χ3n) is 5.58. The zero-order valence-electron chi connectivity index (χ0n) is 18.8. The van der Waals surface area contributed by atoms with Gasteiger partial charge in [-0.2, -0.15) is 18.3 Å². The van der Waals surface area contributed by atoms with Gasteiger partial charge in [-0.15, -0.1) is 0 Å². The van der Waals surface area contributed by atoms with Crippen LogP contribution in [0.25, 0.3) is 11.3 Å². The van der Waals surface area contributed by atoms with Crippen LogP contribution in [0.2, 0.25) is 0 Å². The van der Waals surface area contributed by atoms with Crippen molar-refractivity contribution in [3.8, 4) is 11.3 Å². The highest BCUT2D eigenvalue weighted by Gasteiger charge is 2.39. The van der Waals surface area contributed by atoms with Gasteiger partial charge in [-0.3, -0.25) is 9.67 Å². The summed E-state index contributed by atoms with van der Waals surface area (Å²) in [5.74, 6) is -0.466. The summed E-state index contributed by atoms with van der Waals surface area (Å²) < 4.78 is 83.1. The average Bonchev–Trinajstić information content (AvgIpc) is 3.48. The molecule has 0 bridgehead atoms. The van der Waals surface area contributed by atoms with Crippen molar-refractivity contribution < 1.29 is 26.0 Å². The van der Waals surface area contributed by atoms with Gasteiger partial charge in [-0.05, 0) is 63.8 Å². The van der Waals surface area contributed by atoms with E-state index in [1.807, 2.05) is 20.8 Å². The molecule has 1 N–H and O–H groups in total. The van der Waals surface area contributed by atoms with E-state index in [2.05, 4.69) is 14.8 Å². The van der Waals surface area contributed by atoms with Crippen LogP contribution in [0.3, 0.4) is 0 Å². The van der Waals surface area contributed by atoms with Crippen molar-refractivity contribution in [2.24, 2.45) is 5.92 Å². The zero-order valence-corrected chi connectivity index (χ0v) is 19.6. The lowest BCUT2D eigenvalue weighted by Gasteiger charge is -2.25. The van der Waals surface area contributed by atoms with E-state index in [0.29, 0.717) is 29.1 Å². The number of benzene rings is 1. The number of sulfonamides is 1. The first-order chi connectivity index (χ1) is 15.8. The second kappa shape index (κ2) is 8.46. The Kier molecular flexibility index (Phi) is 6.05. The minimum atomic E-state index is -4.67. The van der Waals surface area contributed by atoms with Crippen LogP contribution < -0.4 is 4.72 Å². The van der Waals surface area contributed by atoms with Gasteiger partial charge in [0.15, 0.2) is 0 Å². The fourth-order valence-corrected chi connectivity index (χ4v) is 5.04. The van der Waals surface area contributed by atoms with Crippen LogP contribution in [-0.4, -0.2) is 23.2 Å². The molecule has 0 saturated heterocycles. The molecule has 34 heavy (non-hydrogen) atoms. The summed E-state index contributed by atoms with van der Waals surface area (Å²) >= 11 is 0. The Morgan fingerprint density at radius 1 is 1.09 bits per heavy atom. The molecule has 1 aromatic carbocycles. The smallest absolute Gasteiger partial charge is 0.259 e. The van der Waals surface area contributed by atoms with Crippen molar-refractivity contribution in [2.45, 2.75) is 56.3 Å². The summed E-state index contributed by atoms with van der Waals surface area (Å²) in [4.78, 5) is 2.89. The Morgan fingerprint density at radius 2 is 1.79 bits per heavy atom. The molecule has 0 spiro atoms. The maximum atomic E-state index is 14.1. The van der Waals surface area contributed by atoms with Crippen LogP contribution in [-0.2, 0) is 21.7 Å². The summed E-state index contributed by atoms with van der Waals surface area (Å²) in [5.41, 5.74) is 0.0432. The van der Waals surface area contributed by atoms with E-state index in [1.54, 1.807) is 23.0 Å². The Bertz CT molecular complexity index is 1290. The topological polar surface area (TPSA) is 76.9 Å². The van der Waals surface area contributed by atoms with Crippen LogP contribution in [0, 0.1) is 11.7 Å². The highest BCUT2D eigenvalue weighted by Crippen LogP contribution is 2.45. The Balaban J connectivity index is 1.76. The maximum Gasteiger partial charge on any atom is 0.433 e. The molecule has 1 atom stereocenters. The van der Waals surface area contributed by atoms with Gasteiger partial charge in [0.1, 0.15) is 16.4 Å². The van der Waals surface area contributed by atoms with Gasteiger partial charge in [0, 0.05) is 17.3 Å².